The first kappa shape index (κ1) is 11.4. The lowest BCUT2D eigenvalue weighted by atomic mass is 10.2. The van der Waals surface area contributed by atoms with E-state index in [1.807, 2.05) is 22.6 Å². The van der Waals surface area contributed by atoms with E-state index < -0.39 is 0 Å². The molecular weight excluding hydrogens is 324 g/mol. The summed E-state index contributed by atoms with van der Waals surface area (Å²) in [4.78, 5) is 4.14. The molecule has 0 bridgehead atoms. The number of fused-ring (bicyclic) bond motifs is 1. The second kappa shape index (κ2) is 4.40. The molecule has 1 aromatic carbocycles. The third-order valence-electron chi connectivity index (χ3n) is 2.27. The highest BCUT2D eigenvalue weighted by atomic mass is 127. The molecule has 5 heteroatoms. The molecule has 0 radical (unpaired) electrons. The number of pyridine rings is 1. The smallest absolute Gasteiger partial charge is 0.162 e. The third-order valence-corrected chi connectivity index (χ3v) is 3.02. The van der Waals surface area contributed by atoms with Crippen LogP contribution >= 0.6 is 22.6 Å². The Labute approximate surface area is 106 Å². The summed E-state index contributed by atoms with van der Waals surface area (Å²) in [5, 5.41) is 0.435. The SMILES string of the molecule is COc1cc2ncc(I)c(F)c2cc1OC. The van der Waals surface area contributed by atoms with Gasteiger partial charge in [-0.15, -0.1) is 0 Å². The van der Waals surface area contributed by atoms with Crippen LogP contribution in [0.4, 0.5) is 4.39 Å². The van der Waals surface area contributed by atoms with Crippen LogP contribution in [0.3, 0.4) is 0 Å². The van der Waals surface area contributed by atoms with Crippen molar-refractivity contribution in [3.63, 3.8) is 0 Å². The lowest BCUT2D eigenvalue weighted by Crippen LogP contribution is -1.94. The van der Waals surface area contributed by atoms with Crippen LogP contribution in [0, 0.1) is 9.39 Å². The van der Waals surface area contributed by atoms with Crippen molar-refractivity contribution in [2.24, 2.45) is 0 Å². The summed E-state index contributed by atoms with van der Waals surface area (Å²) in [6.45, 7) is 0. The molecule has 0 N–H and O–H groups in total. The maximum Gasteiger partial charge on any atom is 0.162 e. The number of aromatic nitrogens is 1. The third kappa shape index (κ3) is 1.79. The number of methoxy groups -OCH3 is 2. The summed E-state index contributed by atoms with van der Waals surface area (Å²) in [6.07, 6.45) is 1.49. The van der Waals surface area contributed by atoms with Gasteiger partial charge >= 0.3 is 0 Å². The summed E-state index contributed by atoms with van der Waals surface area (Å²) < 4.78 is 24.5. The van der Waals surface area contributed by atoms with Crippen molar-refractivity contribution in [2.75, 3.05) is 14.2 Å². The Bertz CT molecular complexity index is 545. The van der Waals surface area contributed by atoms with Crippen LogP contribution in [0.15, 0.2) is 18.3 Å². The van der Waals surface area contributed by atoms with Gasteiger partial charge in [0.1, 0.15) is 5.82 Å². The van der Waals surface area contributed by atoms with Gasteiger partial charge in [0, 0.05) is 17.6 Å². The van der Waals surface area contributed by atoms with E-state index >= 15 is 0 Å². The first-order valence-corrected chi connectivity index (χ1v) is 5.61. The highest BCUT2D eigenvalue weighted by Crippen LogP contribution is 2.33. The van der Waals surface area contributed by atoms with E-state index in [0.717, 1.165) is 0 Å². The van der Waals surface area contributed by atoms with Gasteiger partial charge in [0.2, 0.25) is 0 Å². The van der Waals surface area contributed by atoms with Crippen LogP contribution in [0.5, 0.6) is 11.5 Å². The maximum atomic E-state index is 13.8. The summed E-state index contributed by atoms with van der Waals surface area (Å²) in [6, 6.07) is 3.26. The van der Waals surface area contributed by atoms with Crippen molar-refractivity contribution < 1.29 is 13.9 Å². The molecule has 1 aromatic heterocycles. The highest BCUT2D eigenvalue weighted by molar-refractivity contribution is 14.1. The lowest BCUT2D eigenvalue weighted by molar-refractivity contribution is 0.355. The van der Waals surface area contributed by atoms with Gasteiger partial charge in [-0.2, -0.15) is 0 Å². The van der Waals surface area contributed by atoms with Crippen molar-refractivity contribution in [2.45, 2.75) is 0 Å². The van der Waals surface area contributed by atoms with E-state index in [1.54, 1.807) is 12.1 Å². The van der Waals surface area contributed by atoms with E-state index in [0.29, 0.717) is 26.0 Å². The zero-order chi connectivity index (χ0) is 11.7. The minimum atomic E-state index is -0.286. The van der Waals surface area contributed by atoms with Crippen LogP contribution in [0.25, 0.3) is 10.9 Å². The molecule has 0 spiro atoms. The molecule has 0 aliphatic rings. The Kier molecular flexibility index (Phi) is 3.13. The van der Waals surface area contributed by atoms with Crippen molar-refractivity contribution in [1.29, 1.82) is 0 Å². The molecule has 0 aliphatic heterocycles. The molecule has 0 aliphatic carbocycles. The van der Waals surface area contributed by atoms with Gasteiger partial charge < -0.3 is 9.47 Å². The summed E-state index contributed by atoms with van der Waals surface area (Å²) >= 11 is 1.90. The maximum absolute atomic E-state index is 13.8. The summed E-state index contributed by atoms with van der Waals surface area (Å²) in [5.74, 6) is 0.757. The average Bonchev–Trinajstić information content (AvgIpc) is 2.32. The first-order chi connectivity index (χ1) is 7.67. The van der Waals surface area contributed by atoms with Gasteiger partial charge in [0.05, 0.1) is 23.3 Å². The van der Waals surface area contributed by atoms with Crippen LogP contribution in [0.2, 0.25) is 0 Å². The predicted octanol–water partition coefficient (Wildman–Crippen LogP) is 3.00. The molecule has 16 heavy (non-hydrogen) atoms. The molecule has 0 unspecified atom stereocenters. The topological polar surface area (TPSA) is 31.4 Å². The fraction of sp³-hybridized carbons (Fsp3) is 0.182. The molecule has 0 amide bonds. The standard InChI is InChI=1S/C11H9FINO2/c1-15-9-3-6-8(4-10(9)16-2)14-5-7(13)11(6)12/h3-5H,1-2H3. The average molecular weight is 333 g/mol. The van der Waals surface area contributed by atoms with E-state index in [1.165, 1.54) is 20.4 Å². The van der Waals surface area contributed by atoms with Crippen molar-refractivity contribution in [3.8, 4) is 11.5 Å². The molecule has 2 aromatic rings. The summed E-state index contributed by atoms with van der Waals surface area (Å²) in [5.41, 5.74) is 0.551. The van der Waals surface area contributed by atoms with E-state index in [2.05, 4.69) is 4.98 Å². The molecule has 3 nitrogen and oxygen atoms in total. The fourth-order valence-corrected chi connectivity index (χ4v) is 1.89. The molecule has 0 fully saturated rings. The molecule has 84 valence electrons. The number of ether oxygens (including phenoxy) is 2. The second-order valence-electron chi connectivity index (χ2n) is 3.14. The largest absolute Gasteiger partial charge is 0.493 e. The van der Waals surface area contributed by atoms with Gasteiger partial charge in [0.25, 0.3) is 0 Å². The number of hydrogen-bond donors (Lipinski definition) is 0. The number of nitrogens with zero attached hydrogens (tertiary/aromatic N) is 1. The normalized spacial score (nSPS) is 10.5. The van der Waals surface area contributed by atoms with Gasteiger partial charge in [-0.25, -0.2) is 4.39 Å². The number of rotatable bonds is 2. The Morgan fingerprint density at radius 1 is 1.19 bits per heavy atom. The minimum absolute atomic E-state index is 0.286. The Morgan fingerprint density at radius 2 is 1.81 bits per heavy atom. The molecule has 0 atom stereocenters. The minimum Gasteiger partial charge on any atom is -0.493 e. The lowest BCUT2D eigenvalue weighted by Gasteiger charge is -2.09. The van der Waals surface area contributed by atoms with Crippen LogP contribution in [-0.4, -0.2) is 19.2 Å². The van der Waals surface area contributed by atoms with Gasteiger partial charge in [0.15, 0.2) is 11.5 Å². The van der Waals surface area contributed by atoms with Gasteiger partial charge in [-0.1, -0.05) is 0 Å². The first-order valence-electron chi connectivity index (χ1n) is 4.53. The Hall–Kier alpha value is -1.11. The number of benzene rings is 1. The van der Waals surface area contributed by atoms with E-state index in [-0.39, 0.29) is 5.82 Å². The number of halogens is 2. The predicted molar refractivity (Wildman–Crippen MR) is 67.5 cm³/mol. The molecule has 0 saturated carbocycles. The van der Waals surface area contributed by atoms with Crippen molar-refractivity contribution in [1.82, 2.24) is 4.98 Å². The number of hydrogen-bond acceptors (Lipinski definition) is 3. The summed E-state index contributed by atoms with van der Waals surface area (Å²) in [7, 11) is 3.05. The monoisotopic (exact) mass is 333 g/mol. The molecular formula is C11H9FINO2. The quantitative estimate of drug-likeness (QED) is 0.792. The Morgan fingerprint density at radius 3 is 2.44 bits per heavy atom. The van der Waals surface area contributed by atoms with E-state index in [4.69, 9.17) is 9.47 Å². The van der Waals surface area contributed by atoms with Gasteiger partial charge in [-0.3, -0.25) is 4.98 Å². The van der Waals surface area contributed by atoms with Crippen molar-refractivity contribution in [3.05, 3.63) is 27.7 Å². The second-order valence-corrected chi connectivity index (χ2v) is 4.31. The van der Waals surface area contributed by atoms with Crippen LogP contribution < -0.4 is 9.47 Å². The van der Waals surface area contributed by atoms with E-state index in [9.17, 15) is 4.39 Å². The van der Waals surface area contributed by atoms with Crippen LogP contribution in [-0.2, 0) is 0 Å². The molecule has 2 rings (SSSR count). The van der Waals surface area contributed by atoms with Crippen LogP contribution in [0.1, 0.15) is 0 Å². The molecule has 1 heterocycles. The fourth-order valence-electron chi connectivity index (χ4n) is 1.46. The zero-order valence-electron chi connectivity index (χ0n) is 8.75. The molecule has 0 saturated heterocycles. The highest BCUT2D eigenvalue weighted by Gasteiger charge is 2.11. The van der Waals surface area contributed by atoms with Gasteiger partial charge in [-0.05, 0) is 28.7 Å². The zero-order valence-corrected chi connectivity index (χ0v) is 10.9. The Balaban J connectivity index is 2.78. The van der Waals surface area contributed by atoms with Crippen molar-refractivity contribution >= 4 is 33.5 Å².